The summed E-state index contributed by atoms with van der Waals surface area (Å²) < 4.78 is 2.09. The normalized spacial score (nSPS) is 14.9. The number of hydrogen-bond acceptors (Lipinski definition) is 1. The summed E-state index contributed by atoms with van der Waals surface area (Å²) in [5.41, 5.74) is 3.79. The highest BCUT2D eigenvalue weighted by atomic mass is 16.1. The van der Waals surface area contributed by atoms with E-state index in [1.165, 1.54) is 42.2 Å². The molecule has 3 rings (SSSR count). The van der Waals surface area contributed by atoms with Crippen molar-refractivity contribution in [1.82, 2.24) is 9.88 Å². The van der Waals surface area contributed by atoms with Gasteiger partial charge in [0.15, 0.2) is 0 Å². The van der Waals surface area contributed by atoms with Gasteiger partial charge in [0.1, 0.15) is 0 Å². The second kappa shape index (κ2) is 6.82. The van der Waals surface area contributed by atoms with Gasteiger partial charge in [-0.25, -0.2) is 0 Å². The van der Waals surface area contributed by atoms with E-state index in [2.05, 4.69) is 34.3 Å². The van der Waals surface area contributed by atoms with E-state index in [1.807, 2.05) is 19.2 Å². The molecule has 2 aromatic rings. The van der Waals surface area contributed by atoms with E-state index >= 15 is 0 Å². The minimum absolute atomic E-state index is 0.118. The molecule has 0 radical (unpaired) electrons. The van der Waals surface area contributed by atoms with Gasteiger partial charge < -0.3 is 9.88 Å². The highest BCUT2D eigenvalue weighted by Crippen LogP contribution is 2.21. The lowest BCUT2D eigenvalue weighted by molar-refractivity contribution is -0.120. The SMILES string of the molecule is Cn1cc(CC(=O)NCCC2=CCCCC2)c2ccccc21. The van der Waals surface area contributed by atoms with Gasteiger partial charge in [0.25, 0.3) is 0 Å². The summed E-state index contributed by atoms with van der Waals surface area (Å²) in [5.74, 6) is 0.118. The van der Waals surface area contributed by atoms with E-state index in [-0.39, 0.29) is 5.91 Å². The molecule has 0 spiro atoms. The van der Waals surface area contributed by atoms with Crippen LogP contribution in [0.4, 0.5) is 0 Å². The number of rotatable bonds is 5. The molecule has 0 saturated heterocycles. The van der Waals surface area contributed by atoms with Gasteiger partial charge in [0.05, 0.1) is 6.42 Å². The fourth-order valence-electron chi connectivity index (χ4n) is 3.30. The highest BCUT2D eigenvalue weighted by molar-refractivity contribution is 5.89. The first-order valence-corrected chi connectivity index (χ1v) is 8.21. The lowest BCUT2D eigenvalue weighted by Gasteiger charge is -2.12. The van der Waals surface area contributed by atoms with Crippen LogP contribution in [0.15, 0.2) is 42.1 Å². The number of aryl methyl sites for hydroxylation is 1. The molecule has 0 atom stereocenters. The van der Waals surface area contributed by atoms with Crippen molar-refractivity contribution in [1.29, 1.82) is 0 Å². The number of carbonyl (C=O) groups excluding carboxylic acids is 1. The van der Waals surface area contributed by atoms with E-state index in [4.69, 9.17) is 0 Å². The van der Waals surface area contributed by atoms with Crippen molar-refractivity contribution < 1.29 is 4.79 Å². The Morgan fingerprint density at radius 3 is 2.95 bits per heavy atom. The molecule has 1 aromatic heterocycles. The van der Waals surface area contributed by atoms with Crippen LogP contribution in [0.25, 0.3) is 10.9 Å². The number of benzene rings is 1. The van der Waals surface area contributed by atoms with E-state index in [1.54, 1.807) is 0 Å². The number of allylic oxidation sites excluding steroid dienone is 1. The molecule has 3 nitrogen and oxygen atoms in total. The van der Waals surface area contributed by atoms with Gasteiger partial charge in [-0.15, -0.1) is 0 Å². The van der Waals surface area contributed by atoms with Gasteiger partial charge in [-0.1, -0.05) is 29.8 Å². The third-order valence-corrected chi connectivity index (χ3v) is 4.48. The van der Waals surface area contributed by atoms with Gasteiger partial charge in [-0.3, -0.25) is 4.79 Å². The monoisotopic (exact) mass is 296 g/mol. The van der Waals surface area contributed by atoms with E-state index in [9.17, 15) is 4.79 Å². The molecule has 1 heterocycles. The maximum absolute atomic E-state index is 12.2. The number of nitrogens with zero attached hydrogens (tertiary/aromatic N) is 1. The van der Waals surface area contributed by atoms with Gasteiger partial charge in [-0.2, -0.15) is 0 Å². The summed E-state index contributed by atoms with van der Waals surface area (Å²) in [7, 11) is 2.03. The molecule has 0 saturated carbocycles. The first-order chi connectivity index (χ1) is 10.7. The van der Waals surface area contributed by atoms with Crippen molar-refractivity contribution in [2.75, 3.05) is 6.54 Å². The van der Waals surface area contributed by atoms with Crippen LogP contribution >= 0.6 is 0 Å². The molecule has 116 valence electrons. The van der Waals surface area contributed by atoms with E-state index in [0.717, 1.165) is 18.5 Å². The summed E-state index contributed by atoms with van der Waals surface area (Å²) in [6.45, 7) is 0.759. The molecule has 0 aliphatic heterocycles. The van der Waals surface area contributed by atoms with Crippen LogP contribution < -0.4 is 5.32 Å². The maximum atomic E-state index is 12.2. The highest BCUT2D eigenvalue weighted by Gasteiger charge is 2.10. The average molecular weight is 296 g/mol. The Kier molecular flexibility index (Phi) is 4.62. The first-order valence-electron chi connectivity index (χ1n) is 8.21. The second-order valence-electron chi connectivity index (χ2n) is 6.17. The molecule has 1 aromatic carbocycles. The van der Waals surface area contributed by atoms with Gasteiger partial charge in [0, 0.05) is 30.7 Å². The molecule has 0 fully saturated rings. The summed E-state index contributed by atoms with van der Waals surface area (Å²) >= 11 is 0. The van der Waals surface area contributed by atoms with Crippen LogP contribution in [0.1, 0.15) is 37.7 Å². The number of amides is 1. The van der Waals surface area contributed by atoms with Crippen molar-refractivity contribution >= 4 is 16.8 Å². The molecule has 0 unspecified atom stereocenters. The number of carbonyl (C=O) groups is 1. The van der Waals surface area contributed by atoms with Crippen LogP contribution in [0.3, 0.4) is 0 Å². The molecule has 22 heavy (non-hydrogen) atoms. The number of aromatic nitrogens is 1. The number of para-hydroxylation sites is 1. The smallest absolute Gasteiger partial charge is 0.224 e. The van der Waals surface area contributed by atoms with Crippen molar-refractivity contribution in [3.05, 3.63) is 47.7 Å². The van der Waals surface area contributed by atoms with Crippen molar-refractivity contribution in [3.8, 4) is 0 Å². The molecular formula is C19H24N2O. The van der Waals surface area contributed by atoms with Crippen LogP contribution in [0.5, 0.6) is 0 Å². The maximum Gasteiger partial charge on any atom is 0.224 e. The van der Waals surface area contributed by atoms with Gasteiger partial charge >= 0.3 is 0 Å². The van der Waals surface area contributed by atoms with Crippen LogP contribution in [0, 0.1) is 0 Å². The summed E-state index contributed by atoms with van der Waals surface area (Å²) in [5, 5.41) is 4.24. The predicted molar refractivity (Wildman–Crippen MR) is 90.8 cm³/mol. The largest absolute Gasteiger partial charge is 0.355 e. The van der Waals surface area contributed by atoms with Gasteiger partial charge in [-0.05, 0) is 43.7 Å². The predicted octanol–water partition coefficient (Wildman–Crippen LogP) is 3.73. The first kappa shape index (κ1) is 14.9. The molecule has 0 bridgehead atoms. The average Bonchev–Trinajstić information content (AvgIpc) is 2.85. The van der Waals surface area contributed by atoms with Crippen molar-refractivity contribution in [2.24, 2.45) is 7.05 Å². The molecule has 1 aliphatic rings. The molecule has 3 heteroatoms. The summed E-state index contributed by atoms with van der Waals surface area (Å²) in [6.07, 6.45) is 10.9. The Morgan fingerprint density at radius 1 is 1.27 bits per heavy atom. The fraction of sp³-hybridized carbons (Fsp3) is 0.421. The Hall–Kier alpha value is -2.03. The quantitative estimate of drug-likeness (QED) is 0.838. The van der Waals surface area contributed by atoms with E-state index in [0.29, 0.717) is 6.42 Å². The fourth-order valence-corrected chi connectivity index (χ4v) is 3.30. The zero-order valence-electron chi connectivity index (χ0n) is 13.3. The van der Waals surface area contributed by atoms with Crippen LogP contribution in [-0.2, 0) is 18.3 Å². The van der Waals surface area contributed by atoms with Crippen molar-refractivity contribution in [2.45, 2.75) is 38.5 Å². The molecule has 1 amide bonds. The zero-order chi connectivity index (χ0) is 15.4. The Morgan fingerprint density at radius 2 is 2.14 bits per heavy atom. The minimum Gasteiger partial charge on any atom is -0.355 e. The van der Waals surface area contributed by atoms with E-state index < -0.39 is 0 Å². The van der Waals surface area contributed by atoms with Crippen LogP contribution in [0.2, 0.25) is 0 Å². The molecule has 1 N–H and O–H groups in total. The third-order valence-electron chi connectivity index (χ3n) is 4.48. The Labute approximate surface area is 132 Å². The summed E-state index contributed by atoms with van der Waals surface area (Å²) in [6, 6.07) is 8.24. The third kappa shape index (κ3) is 3.41. The molecular weight excluding hydrogens is 272 g/mol. The zero-order valence-corrected chi connectivity index (χ0v) is 13.3. The number of hydrogen-bond donors (Lipinski definition) is 1. The van der Waals surface area contributed by atoms with Crippen molar-refractivity contribution in [3.63, 3.8) is 0 Å². The number of nitrogens with one attached hydrogen (secondary N) is 1. The minimum atomic E-state index is 0.118. The lowest BCUT2D eigenvalue weighted by atomic mass is 9.97. The Bertz CT molecular complexity index is 697. The number of fused-ring (bicyclic) bond motifs is 1. The second-order valence-corrected chi connectivity index (χ2v) is 6.17. The topological polar surface area (TPSA) is 34.0 Å². The Balaban J connectivity index is 1.56. The molecule has 1 aliphatic carbocycles. The van der Waals surface area contributed by atoms with Crippen LogP contribution in [-0.4, -0.2) is 17.0 Å². The lowest BCUT2D eigenvalue weighted by Crippen LogP contribution is -2.26. The standard InChI is InChI=1S/C19H24N2O/c1-21-14-16(17-9-5-6-10-18(17)21)13-19(22)20-12-11-15-7-3-2-4-8-15/h5-7,9-10,14H,2-4,8,11-13H2,1H3,(H,20,22). The summed E-state index contributed by atoms with van der Waals surface area (Å²) in [4.78, 5) is 12.2. The van der Waals surface area contributed by atoms with Gasteiger partial charge in [0.2, 0.25) is 5.91 Å².